The summed E-state index contributed by atoms with van der Waals surface area (Å²) < 4.78 is 0. The van der Waals surface area contributed by atoms with E-state index in [-0.39, 0.29) is 46.5 Å². The van der Waals surface area contributed by atoms with E-state index < -0.39 is 0 Å². The SMILES string of the molecule is CC1=C(c2[c-]c3ccccc3cc2)CC=C1.CO.C[C-](C)C.[Cl-].[Cl-].[Ti+4]. The summed E-state index contributed by atoms with van der Waals surface area (Å²) in [7, 11) is 1.00. The Morgan fingerprint density at radius 1 is 0.960 bits per heavy atom. The van der Waals surface area contributed by atoms with Gasteiger partial charge in [0.25, 0.3) is 0 Å². The first kappa shape index (κ1) is 29.2. The van der Waals surface area contributed by atoms with Crippen molar-refractivity contribution in [2.75, 3.05) is 7.11 Å². The number of halogens is 2. The van der Waals surface area contributed by atoms with Crippen LogP contribution in [0.15, 0.2) is 54.1 Å². The first-order valence-electron chi connectivity index (χ1n) is 7.57. The number of fused-ring (bicyclic) bond motifs is 1. The maximum atomic E-state index is 7.00. The van der Waals surface area contributed by atoms with E-state index in [9.17, 15) is 0 Å². The van der Waals surface area contributed by atoms with Crippen LogP contribution in [0, 0.1) is 12.0 Å². The normalized spacial score (nSPS) is 11.3. The van der Waals surface area contributed by atoms with Gasteiger partial charge in [0.1, 0.15) is 0 Å². The van der Waals surface area contributed by atoms with E-state index in [1.807, 2.05) is 0 Å². The monoisotopic (exact) mass is 412 g/mol. The standard InChI is InChI=1S/C16H13.C4H9.CH4O.2ClH.Ti/c1-12-5-4-8-16(12)15-10-9-13-6-2-3-7-14(13)11-15;1-4(2)3;1-2;;;/h2-7,9-10H,8H2,1H3;1-3H3;2H,1H3;2*1H;/q2*-1;;;;+4/p-2. The second-order valence-electron chi connectivity index (χ2n) is 5.73. The van der Waals surface area contributed by atoms with E-state index in [1.54, 1.807) is 0 Å². The van der Waals surface area contributed by atoms with E-state index in [0.717, 1.165) is 13.5 Å². The Kier molecular flexibility index (Phi) is 18.3. The Hall–Kier alpha value is -0.566. The summed E-state index contributed by atoms with van der Waals surface area (Å²) in [5.41, 5.74) is 4.01. The van der Waals surface area contributed by atoms with Gasteiger partial charge in [0.05, 0.1) is 0 Å². The molecule has 0 aliphatic heterocycles. The van der Waals surface area contributed by atoms with Gasteiger partial charge in [-0.3, -0.25) is 0 Å². The zero-order chi connectivity index (χ0) is 16.5. The summed E-state index contributed by atoms with van der Waals surface area (Å²) in [6.45, 7) is 8.42. The number of aliphatic hydroxyl groups excluding tert-OH is 1. The molecule has 0 saturated heterocycles. The van der Waals surface area contributed by atoms with Crippen LogP contribution in [0.4, 0.5) is 0 Å². The summed E-state index contributed by atoms with van der Waals surface area (Å²) in [6, 6.07) is 16.2. The molecule has 2 aromatic rings. The third kappa shape index (κ3) is 9.63. The fraction of sp³-hybridized carbons (Fsp3) is 0.286. The molecular weight excluding hydrogens is 387 g/mol. The Labute approximate surface area is 180 Å². The van der Waals surface area contributed by atoms with E-state index >= 15 is 0 Å². The molecule has 0 amide bonds. The van der Waals surface area contributed by atoms with Crippen LogP contribution in [-0.4, -0.2) is 12.2 Å². The van der Waals surface area contributed by atoms with Gasteiger partial charge in [0, 0.05) is 7.11 Å². The Morgan fingerprint density at radius 2 is 1.52 bits per heavy atom. The molecule has 0 radical (unpaired) electrons. The molecule has 25 heavy (non-hydrogen) atoms. The molecule has 2 aromatic carbocycles. The average molecular weight is 413 g/mol. The zero-order valence-corrected chi connectivity index (χ0v) is 18.6. The third-order valence-corrected chi connectivity index (χ3v) is 3.15. The molecule has 0 heterocycles. The smallest absolute Gasteiger partial charge is 1.00 e. The Morgan fingerprint density at radius 3 is 2.04 bits per heavy atom. The minimum atomic E-state index is 0. The van der Waals surface area contributed by atoms with Crippen molar-refractivity contribution in [1.82, 2.24) is 0 Å². The molecule has 0 spiro atoms. The van der Waals surface area contributed by atoms with Crippen LogP contribution in [-0.2, 0) is 21.7 Å². The summed E-state index contributed by atoms with van der Waals surface area (Å²) in [6.07, 6.45) is 5.45. The second-order valence-corrected chi connectivity index (χ2v) is 5.73. The van der Waals surface area contributed by atoms with Crippen LogP contribution in [0.3, 0.4) is 0 Å². The van der Waals surface area contributed by atoms with Crippen molar-refractivity contribution >= 4 is 16.3 Å². The van der Waals surface area contributed by atoms with Gasteiger partial charge in [-0.2, -0.15) is 20.8 Å². The Balaban J connectivity index is -0.000000481. The number of allylic oxidation sites excluding steroid dienone is 4. The van der Waals surface area contributed by atoms with Crippen molar-refractivity contribution in [3.63, 3.8) is 0 Å². The molecule has 1 aliphatic carbocycles. The fourth-order valence-corrected chi connectivity index (χ4v) is 2.23. The van der Waals surface area contributed by atoms with Gasteiger partial charge in [-0.05, 0) is 13.3 Å². The van der Waals surface area contributed by atoms with Crippen molar-refractivity contribution in [2.45, 2.75) is 34.1 Å². The molecule has 1 nitrogen and oxygen atoms in total. The third-order valence-electron chi connectivity index (χ3n) is 3.15. The molecule has 0 aromatic heterocycles. The van der Waals surface area contributed by atoms with Crippen molar-refractivity contribution in [3.05, 3.63) is 71.7 Å². The molecule has 0 bridgehead atoms. The van der Waals surface area contributed by atoms with E-state index in [1.165, 1.54) is 33.4 Å². The van der Waals surface area contributed by atoms with Gasteiger partial charge in [-0.15, -0.1) is 35.2 Å². The van der Waals surface area contributed by atoms with Gasteiger partial charge in [-0.1, -0.05) is 46.9 Å². The first-order chi connectivity index (χ1) is 10.6. The summed E-state index contributed by atoms with van der Waals surface area (Å²) in [4.78, 5) is 0. The van der Waals surface area contributed by atoms with Gasteiger partial charge < -0.3 is 35.8 Å². The Bertz CT molecular complexity index is 661. The van der Waals surface area contributed by atoms with E-state index in [0.29, 0.717) is 0 Å². The van der Waals surface area contributed by atoms with Crippen molar-refractivity contribution in [2.24, 2.45) is 0 Å². The number of benzene rings is 2. The molecule has 1 N–H and O–H groups in total. The van der Waals surface area contributed by atoms with Crippen LogP contribution < -0.4 is 24.8 Å². The zero-order valence-electron chi connectivity index (χ0n) is 15.5. The predicted molar refractivity (Wildman–Crippen MR) is 97.5 cm³/mol. The first-order valence-corrected chi connectivity index (χ1v) is 7.57. The van der Waals surface area contributed by atoms with Crippen LogP contribution in [0.1, 0.15) is 39.7 Å². The number of aliphatic hydroxyl groups is 1. The van der Waals surface area contributed by atoms with Crippen molar-refractivity contribution in [1.29, 1.82) is 0 Å². The van der Waals surface area contributed by atoms with Gasteiger partial charge in [0.2, 0.25) is 0 Å². The maximum absolute atomic E-state index is 7.00. The number of hydrogen-bond acceptors (Lipinski definition) is 1. The molecule has 3 rings (SSSR count). The summed E-state index contributed by atoms with van der Waals surface area (Å²) in [5.74, 6) is 1.42. The quantitative estimate of drug-likeness (QED) is 0.499. The topological polar surface area (TPSA) is 20.2 Å². The molecule has 0 fully saturated rings. The molecular formula is C21H26Cl2OTi. The molecule has 0 saturated carbocycles. The van der Waals surface area contributed by atoms with Crippen LogP contribution >= 0.6 is 0 Å². The van der Waals surface area contributed by atoms with Gasteiger partial charge >= 0.3 is 21.7 Å². The number of rotatable bonds is 1. The molecule has 0 atom stereocenters. The molecule has 4 heteroatoms. The minimum absolute atomic E-state index is 0. The van der Waals surface area contributed by atoms with E-state index in [2.05, 4.69) is 82.3 Å². The summed E-state index contributed by atoms with van der Waals surface area (Å²) in [5, 5.41) is 9.46. The van der Waals surface area contributed by atoms with E-state index in [4.69, 9.17) is 5.11 Å². The van der Waals surface area contributed by atoms with Crippen LogP contribution in [0.2, 0.25) is 0 Å². The van der Waals surface area contributed by atoms with Gasteiger partial charge in [-0.25, -0.2) is 0 Å². The van der Waals surface area contributed by atoms with Crippen LogP contribution in [0.25, 0.3) is 16.3 Å². The second kappa shape index (κ2) is 15.7. The van der Waals surface area contributed by atoms with Gasteiger partial charge in [0.15, 0.2) is 0 Å². The minimum Gasteiger partial charge on any atom is -1.00 e. The van der Waals surface area contributed by atoms with Crippen molar-refractivity contribution < 1.29 is 51.6 Å². The predicted octanol–water partition coefficient (Wildman–Crippen LogP) is -0.392. The van der Waals surface area contributed by atoms with Crippen molar-refractivity contribution in [3.8, 4) is 0 Å². The fourth-order valence-electron chi connectivity index (χ4n) is 2.23. The number of hydrogen-bond donors (Lipinski definition) is 1. The summed E-state index contributed by atoms with van der Waals surface area (Å²) >= 11 is 0. The average Bonchev–Trinajstić information content (AvgIpc) is 2.94. The largest absolute Gasteiger partial charge is 4.00 e. The molecule has 0 unspecified atom stereocenters. The van der Waals surface area contributed by atoms with Crippen LogP contribution in [0.5, 0.6) is 0 Å². The molecule has 134 valence electrons. The molecule has 1 aliphatic rings. The maximum Gasteiger partial charge on any atom is 4.00 e.